The van der Waals surface area contributed by atoms with Gasteiger partial charge in [0.2, 0.25) is 0 Å². The van der Waals surface area contributed by atoms with Crippen LogP contribution in [-0.2, 0) is 27.9 Å². The van der Waals surface area contributed by atoms with Crippen LogP contribution in [0.1, 0.15) is 25.1 Å². The molecule has 2 aromatic rings. The first-order valence-corrected chi connectivity index (χ1v) is 8.74. The van der Waals surface area contributed by atoms with Gasteiger partial charge in [0.1, 0.15) is 5.69 Å². The second kappa shape index (κ2) is 5.31. The minimum atomic E-state index is -3.61. The summed E-state index contributed by atoms with van der Waals surface area (Å²) in [6.07, 6.45) is 1.63. The van der Waals surface area contributed by atoms with E-state index in [9.17, 15) is 13.2 Å². The number of benzene rings is 1. The molecular formula is C14H15ClN4O3S. The molecule has 1 aliphatic rings. The number of carbonyl (C=O) groups excluding carboxylic acids is 1. The first-order valence-electron chi connectivity index (χ1n) is 6.92. The number of hydrogen-bond donors (Lipinski definition) is 0. The highest BCUT2D eigenvalue weighted by Gasteiger charge is 2.60. The van der Waals surface area contributed by atoms with Gasteiger partial charge in [0.25, 0.3) is 15.9 Å². The van der Waals surface area contributed by atoms with Crippen LogP contribution in [0.25, 0.3) is 0 Å². The van der Waals surface area contributed by atoms with E-state index >= 15 is 0 Å². The number of carbonyl (C=O) groups is 1. The van der Waals surface area contributed by atoms with Crippen molar-refractivity contribution in [1.82, 2.24) is 19.3 Å². The van der Waals surface area contributed by atoms with Crippen molar-refractivity contribution < 1.29 is 13.2 Å². The van der Waals surface area contributed by atoms with E-state index in [4.69, 9.17) is 11.6 Å². The number of rotatable bonds is 4. The summed E-state index contributed by atoms with van der Waals surface area (Å²) in [5, 5.41) is 8.53. The first kappa shape index (κ1) is 15.9. The van der Waals surface area contributed by atoms with Gasteiger partial charge in [-0.25, -0.2) is 17.4 Å². The van der Waals surface area contributed by atoms with Gasteiger partial charge in [-0.3, -0.25) is 4.79 Å². The fourth-order valence-corrected chi connectivity index (χ4v) is 3.95. The molecule has 23 heavy (non-hydrogen) atoms. The molecule has 1 aromatic carbocycles. The highest BCUT2D eigenvalue weighted by molar-refractivity contribution is 7.94. The van der Waals surface area contributed by atoms with Gasteiger partial charge < -0.3 is 0 Å². The van der Waals surface area contributed by atoms with Crippen LogP contribution >= 0.6 is 11.6 Å². The smallest absolute Gasteiger partial charge is 0.259 e. The van der Waals surface area contributed by atoms with Gasteiger partial charge in [-0.15, -0.1) is 5.10 Å². The van der Waals surface area contributed by atoms with Gasteiger partial charge in [-0.2, -0.15) is 0 Å². The lowest BCUT2D eigenvalue weighted by atomic mass is 10.2. The molecule has 122 valence electrons. The summed E-state index contributed by atoms with van der Waals surface area (Å²) in [5.74, 6) is -0.426. The second-order valence-electron chi connectivity index (χ2n) is 5.86. The molecular weight excluding hydrogens is 340 g/mol. The van der Waals surface area contributed by atoms with Crippen LogP contribution in [0.2, 0.25) is 5.02 Å². The van der Waals surface area contributed by atoms with Gasteiger partial charge in [-0.05, 0) is 31.5 Å². The Morgan fingerprint density at radius 2 is 1.83 bits per heavy atom. The lowest BCUT2D eigenvalue weighted by Gasteiger charge is -2.42. The van der Waals surface area contributed by atoms with Gasteiger partial charge in [0.15, 0.2) is 4.75 Å². The second-order valence-corrected chi connectivity index (χ2v) is 8.71. The highest BCUT2D eigenvalue weighted by atomic mass is 35.5. The SMILES string of the molecule is CC1(C)C(=O)N(Cc2cn(Cc3ccc(Cl)cc3)nn2)S1(=O)=O. The van der Waals surface area contributed by atoms with Crippen molar-refractivity contribution in [3.63, 3.8) is 0 Å². The Hall–Kier alpha value is -1.93. The highest BCUT2D eigenvalue weighted by Crippen LogP contribution is 2.35. The van der Waals surface area contributed by atoms with Crippen molar-refractivity contribution in [2.45, 2.75) is 31.7 Å². The molecule has 0 radical (unpaired) electrons. The van der Waals surface area contributed by atoms with Crippen LogP contribution in [0.5, 0.6) is 0 Å². The number of nitrogens with zero attached hydrogens (tertiary/aromatic N) is 4. The predicted molar refractivity (Wildman–Crippen MR) is 84.1 cm³/mol. The van der Waals surface area contributed by atoms with Crippen molar-refractivity contribution in [3.05, 3.63) is 46.7 Å². The summed E-state index contributed by atoms with van der Waals surface area (Å²) in [6, 6.07) is 7.30. The summed E-state index contributed by atoms with van der Waals surface area (Å²) in [7, 11) is -3.61. The number of sulfonamides is 1. The van der Waals surface area contributed by atoms with E-state index in [0.717, 1.165) is 9.87 Å². The Morgan fingerprint density at radius 3 is 2.43 bits per heavy atom. The van der Waals surface area contributed by atoms with Crippen LogP contribution < -0.4 is 0 Å². The topological polar surface area (TPSA) is 85.2 Å². The lowest BCUT2D eigenvalue weighted by molar-refractivity contribution is -0.132. The van der Waals surface area contributed by atoms with Gasteiger partial charge in [-0.1, -0.05) is 28.9 Å². The molecule has 0 atom stereocenters. The summed E-state index contributed by atoms with van der Waals surface area (Å²) in [5.41, 5.74) is 1.41. The van der Waals surface area contributed by atoms with Crippen LogP contribution in [0.15, 0.2) is 30.5 Å². The molecule has 1 aromatic heterocycles. The van der Waals surface area contributed by atoms with Crippen LogP contribution in [-0.4, -0.2) is 38.4 Å². The zero-order chi connectivity index (χ0) is 16.8. The molecule has 2 heterocycles. The summed E-state index contributed by atoms with van der Waals surface area (Å²) in [6.45, 7) is 3.19. The van der Waals surface area contributed by atoms with Gasteiger partial charge >= 0.3 is 0 Å². The maximum Gasteiger partial charge on any atom is 0.259 e. The standard InChI is InChI=1S/C14H15ClN4O3S/c1-14(2)13(20)19(23(14,21)22)9-12-8-18(17-16-12)7-10-3-5-11(15)6-4-10/h3-6,8H,7,9H2,1-2H3. The Bertz CT molecular complexity index is 858. The first-order chi connectivity index (χ1) is 10.7. The molecule has 0 saturated carbocycles. The molecule has 7 nitrogen and oxygen atoms in total. The molecule has 0 unspecified atom stereocenters. The Kier molecular flexibility index (Phi) is 3.68. The van der Waals surface area contributed by atoms with E-state index in [1.165, 1.54) is 13.8 Å². The van der Waals surface area contributed by atoms with E-state index in [1.807, 2.05) is 12.1 Å². The fraction of sp³-hybridized carbons (Fsp3) is 0.357. The largest absolute Gasteiger partial charge is 0.272 e. The van der Waals surface area contributed by atoms with E-state index < -0.39 is 20.7 Å². The van der Waals surface area contributed by atoms with Crippen molar-refractivity contribution in [2.24, 2.45) is 0 Å². The Labute approximate surface area is 138 Å². The average Bonchev–Trinajstić information content (AvgIpc) is 2.93. The predicted octanol–water partition coefficient (Wildman–Crippen LogP) is 1.43. The summed E-state index contributed by atoms with van der Waals surface area (Å²) in [4.78, 5) is 11.9. The van der Waals surface area contributed by atoms with Crippen molar-refractivity contribution in [3.8, 4) is 0 Å². The third-order valence-electron chi connectivity index (χ3n) is 3.83. The summed E-state index contributed by atoms with van der Waals surface area (Å²) >= 11 is 5.83. The number of aromatic nitrogens is 3. The number of amides is 1. The number of hydrogen-bond acceptors (Lipinski definition) is 5. The quantitative estimate of drug-likeness (QED) is 0.829. The van der Waals surface area contributed by atoms with E-state index in [2.05, 4.69) is 10.3 Å². The minimum Gasteiger partial charge on any atom is -0.272 e. The molecule has 1 aliphatic heterocycles. The van der Waals surface area contributed by atoms with Crippen LogP contribution in [0.3, 0.4) is 0 Å². The van der Waals surface area contributed by atoms with Crippen molar-refractivity contribution in [1.29, 1.82) is 0 Å². The Balaban J connectivity index is 1.71. The summed E-state index contributed by atoms with van der Waals surface area (Å²) < 4.78 is 25.2. The molecule has 0 N–H and O–H groups in total. The maximum absolute atomic E-state index is 12.1. The molecule has 9 heteroatoms. The molecule has 0 spiro atoms. The van der Waals surface area contributed by atoms with Gasteiger partial charge in [0.05, 0.1) is 19.3 Å². The molecule has 1 amide bonds. The molecule has 3 rings (SSSR count). The monoisotopic (exact) mass is 354 g/mol. The lowest BCUT2D eigenvalue weighted by Crippen LogP contribution is -2.66. The minimum absolute atomic E-state index is 0.0920. The number of halogens is 1. The third kappa shape index (κ3) is 2.61. The third-order valence-corrected chi connectivity index (χ3v) is 6.42. The molecule has 0 aliphatic carbocycles. The normalized spacial score (nSPS) is 18.7. The average molecular weight is 355 g/mol. The zero-order valence-corrected chi connectivity index (χ0v) is 14.2. The molecule has 1 fully saturated rings. The van der Waals surface area contributed by atoms with E-state index in [1.54, 1.807) is 23.0 Å². The van der Waals surface area contributed by atoms with Gasteiger partial charge in [0, 0.05) is 5.02 Å². The molecule has 0 bridgehead atoms. The van der Waals surface area contributed by atoms with Crippen molar-refractivity contribution in [2.75, 3.05) is 0 Å². The Morgan fingerprint density at radius 1 is 1.17 bits per heavy atom. The van der Waals surface area contributed by atoms with Crippen LogP contribution in [0, 0.1) is 0 Å². The zero-order valence-electron chi connectivity index (χ0n) is 12.6. The van der Waals surface area contributed by atoms with Crippen LogP contribution in [0.4, 0.5) is 0 Å². The maximum atomic E-state index is 12.1. The fourth-order valence-electron chi connectivity index (χ4n) is 2.33. The molecule has 1 saturated heterocycles. The van der Waals surface area contributed by atoms with Crippen molar-refractivity contribution >= 4 is 27.5 Å². The van der Waals surface area contributed by atoms with E-state index in [-0.39, 0.29) is 6.54 Å². The van der Waals surface area contributed by atoms with E-state index in [0.29, 0.717) is 17.3 Å².